The van der Waals surface area contributed by atoms with Crippen molar-refractivity contribution in [2.45, 2.75) is 39.2 Å². The van der Waals surface area contributed by atoms with E-state index in [1.54, 1.807) is 18.2 Å². The lowest BCUT2D eigenvalue weighted by atomic mass is 9.80. The fourth-order valence-corrected chi connectivity index (χ4v) is 4.29. The number of fused-ring (bicyclic) bond motifs is 2. The zero-order valence-electron chi connectivity index (χ0n) is 16.3. The van der Waals surface area contributed by atoms with Crippen molar-refractivity contribution in [2.24, 2.45) is 0 Å². The lowest BCUT2D eigenvalue weighted by Gasteiger charge is -2.39. The zero-order valence-corrected chi connectivity index (χ0v) is 16.3. The largest absolute Gasteiger partial charge is 0.491 e. The maximum Gasteiger partial charge on any atom is 0.252 e. The Morgan fingerprint density at radius 2 is 2.07 bits per heavy atom. The number of carbonyl (C=O) groups is 1. The fraction of sp³-hybridized carbons (Fsp3) is 0.476. The summed E-state index contributed by atoms with van der Waals surface area (Å²) in [6, 6.07) is 3.84. The zero-order chi connectivity index (χ0) is 20.6. The molecule has 0 bridgehead atoms. The van der Waals surface area contributed by atoms with Crippen LogP contribution in [0.1, 0.15) is 41.8 Å². The Bertz CT molecular complexity index is 930. The molecule has 2 aliphatic heterocycles. The first-order valence-corrected chi connectivity index (χ1v) is 9.51. The molecule has 1 aromatic carbocycles. The van der Waals surface area contributed by atoms with Gasteiger partial charge in [0.05, 0.1) is 25.4 Å². The molecule has 3 heterocycles. The van der Waals surface area contributed by atoms with E-state index in [1.165, 1.54) is 6.33 Å². The second-order valence-electron chi connectivity index (χ2n) is 7.51. The first kappa shape index (κ1) is 21.9. The Morgan fingerprint density at radius 3 is 2.73 bits per heavy atom. The second kappa shape index (κ2) is 8.51. The highest BCUT2D eigenvalue weighted by Gasteiger charge is 2.45. The fourth-order valence-electron chi connectivity index (χ4n) is 4.29. The van der Waals surface area contributed by atoms with Crippen LogP contribution in [0.25, 0.3) is 0 Å². The number of rotatable bonds is 5. The van der Waals surface area contributed by atoms with Gasteiger partial charge in [0.25, 0.3) is 12.3 Å². The second-order valence-corrected chi connectivity index (χ2v) is 7.51. The van der Waals surface area contributed by atoms with Crippen LogP contribution in [-0.4, -0.2) is 53.9 Å². The molecule has 9 heteroatoms. The van der Waals surface area contributed by atoms with E-state index in [-0.39, 0.29) is 19.9 Å². The number of hydrogen-bond acceptors (Lipinski definition) is 6. The van der Waals surface area contributed by atoms with Crippen LogP contribution in [-0.2, 0) is 5.54 Å². The van der Waals surface area contributed by atoms with Crippen molar-refractivity contribution < 1.29 is 18.3 Å². The van der Waals surface area contributed by atoms with Crippen molar-refractivity contribution in [2.75, 3.05) is 32.1 Å². The summed E-state index contributed by atoms with van der Waals surface area (Å²) in [5.74, 6) is 0.931. The van der Waals surface area contributed by atoms with Gasteiger partial charge in [-0.05, 0) is 43.0 Å². The van der Waals surface area contributed by atoms with E-state index in [4.69, 9.17) is 4.74 Å². The number of aryl methyl sites for hydroxylation is 1. The van der Waals surface area contributed by atoms with E-state index < -0.39 is 12.0 Å². The third kappa shape index (κ3) is 3.94. The maximum atomic E-state index is 12.7. The van der Waals surface area contributed by atoms with Crippen molar-refractivity contribution in [3.05, 3.63) is 41.3 Å². The minimum Gasteiger partial charge on any atom is -0.491 e. The molecular weight excluding hydrogens is 392 g/mol. The van der Waals surface area contributed by atoms with Gasteiger partial charge in [-0.25, -0.2) is 18.7 Å². The molecule has 2 aromatic rings. The molecule has 0 radical (unpaired) electrons. The number of halogens is 2. The molecule has 0 saturated carbocycles. The van der Waals surface area contributed by atoms with Gasteiger partial charge in [-0.3, -0.25) is 9.69 Å². The third-order valence-corrected chi connectivity index (χ3v) is 5.70. The molecule has 0 aliphatic carbocycles. The Morgan fingerprint density at radius 1 is 1.33 bits per heavy atom. The standard InChI is InChI=1S/C20H23F2N5O2.CH4/c1-12-7-13(25-18-15(29-2)9-23-11-24-18)8-14-17(12)19(28)26-20(14)3-5-27(6-4-20)10-16(21)22;/h7-9,11,16H,3-6,10H2,1-2H3,(H,26,28)(H,23,24,25);1H4. The van der Waals surface area contributed by atoms with E-state index in [0.717, 1.165) is 16.8 Å². The van der Waals surface area contributed by atoms with Gasteiger partial charge < -0.3 is 15.4 Å². The minimum absolute atomic E-state index is 0. The molecule has 1 spiro atoms. The van der Waals surface area contributed by atoms with Crippen LogP contribution >= 0.6 is 0 Å². The van der Waals surface area contributed by atoms with Gasteiger partial charge in [-0.1, -0.05) is 7.43 Å². The summed E-state index contributed by atoms with van der Waals surface area (Å²) in [6.45, 7) is 2.69. The number of piperidine rings is 1. The van der Waals surface area contributed by atoms with Gasteiger partial charge in [0.1, 0.15) is 6.33 Å². The Labute approximate surface area is 174 Å². The van der Waals surface area contributed by atoms with Crippen LogP contribution in [0.2, 0.25) is 0 Å². The maximum absolute atomic E-state index is 12.7. The van der Waals surface area contributed by atoms with Crippen LogP contribution < -0.4 is 15.4 Å². The monoisotopic (exact) mass is 419 g/mol. The first-order chi connectivity index (χ1) is 13.9. The number of benzene rings is 1. The predicted octanol–water partition coefficient (Wildman–Crippen LogP) is 3.47. The number of alkyl halides is 2. The summed E-state index contributed by atoms with van der Waals surface area (Å²) >= 11 is 0. The average Bonchev–Trinajstić information content (AvgIpc) is 2.96. The molecule has 1 saturated heterocycles. The lowest BCUT2D eigenvalue weighted by Crippen LogP contribution is -2.50. The molecule has 4 rings (SSSR count). The molecule has 2 aliphatic rings. The summed E-state index contributed by atoms with van der Waals surface area (Å²) in [4.78, 5) is 22.6. The number of aromatic nitrogens is 2. The summed E-state index contributed by atoms with van der Waals surface area (Å²) in [5, 5.41) is 6.37. The van der Waals surface area contributed by atoms with Gasteiger partial charge in [-0.15, -0.1) is 0 Å². The van der Waals surface area contributed by atoms with E-state index in [0.29, 0.717) is 43.1 Å². The normalized spacial score (nSPS) is 17.4. The average molecular weight is 419 g/mol. The summed E-state index contributed by atoms with van der Waals surface area (Å²) in [5.41, 5.74) is 2.69. The van der Waals surface area contributed by atoms with E-state index in [2.05, 4.69) is 20.6 Å². The van der Waals surface area contributed by atoms with E-state index in [1.807, 2.05) is 19.1 Å². The number of nitrogens with one attached hydrogen (secondary N) is 2. The highest BCUT2D eigenvalue weighted by molar-refractivity contribution is 6.02. The summed E-state index contributed by atoms with van der Waals surface area (Å²) in [7, 11) is 1.54. The van der Waals surface area contributed by atoms with Crippen molar-refractivity contribution in [3.63, 3.8) is 0 Å². The Kier molecular flexibility index (Phi) is 6.21. The molecule has 30 heavy (non-hydrogen) atoms. The minimum atomic E-state index is -2.35. The smallest absolute Gasteiger partial charge is 0.252 e. The van der Waals surface area contributed by atoms with Crippen LogP contribution in [0.3, 0.4) is 0 Å². The van der Waals surface area contributed by atoms with Crippen LogP contribution in [0, 0.1) is 6.92 Å². The molecule has 1 amide bonds. The van der Waals surface area contributed by atoms with Crippen molar-refractivity contribution in [1.29, 1.82) is 0 Å². The van der Waals surface area contributed by atoms with Gasteiger partial charge in [0, 0.05) is 24.3 Å². The van der Waals surface area contributed by atoms with Crippen LogP contribution in [0.5, 0.6) is 5.75 Å². The molecule has 0 atom stereocenters. The Balaban J connectivity index is 0.00000256. The quantitative estimate of drug-likeness (QED) is 0.773. The molecular formula is C21H27F2N5O2. The summed E-state index contributed by atoms with van der Waals surface area (Å²) in [6.07, 6.45) is 1.84. The number of methoxy groups -OCH3 is 1. The first-order valence-electron chi connectivity index (χ1n) is 9.51. The number of amides is 1. The highest BCUT2D eigenvalue weighted by atomic mass is 19.3. The number of likely N-dealkylation sites (tertiary alicyclic amines) is 1. The molecule has 7 nitrogen and oxygen atoms in total. The third-order valence-electron chi connectivity index (χ3n) is 5.70. The SMILES string of the molecule is C.COc1cncnc1Nc1cc(C)c2c(c1)C1(CCN(CC(F)F)CC1)NC2=O. The molecule has 162 valence electrons. The molecule has 1 fully saturated rings. The number of anilines is 2. The van der Waals surface area contributed by atoms with Crippen LogP contribution in [0.4, 0.5) is 20.3 Å². The highest BCUT2D eigenvalue weighted by Crippen LogP contribution is 2.42. The predicted molar refractivity (Wildman–Crippen MR) is 111 cm³/mol. The van der Waals surface area contributed by atoms with E-state index >= 15 is 0 Å². The number of carbonyl (C=O) groups excluding carboxylic acids is 1. The topological polar surface area (TPSA) is 79.4 Å². The molecule has 2 N–H and O–H groups in total. The lowest BCUT2D eigenvalue weighted by molar-refractivity contribution is 0.0554. The number of hydrogen-bond donors (Lipinski definition) is 2. The van der Waals surface area contributed by atoms with Gasteiger partial charge in [0.15, 0.2) is 11.6 Å². The number of ether oxygens (including phenoxy) is 1. The van der Waals surface area contributed by atoms with E-state index in [9.17, 15) is 13.6 Å². The Hall–Kier alpha value is -2.81. The van der Waals surface area contributed by atoms with Crippen molar-refractivity contribution >= 4 is 17.4 Å². The van der Waals surface area contributed by atoms with Crippen LogP contribution in [0.15, 0.2) is 24.7 Å². The van der Waals surface area contributed by atoms with Gasteiger partial charge in [0.2, 0.25) is 0 Å². The summed E-state index contributed by atoms with van der Waals surface area (Å²) < 4.78 is 30.7. The molecule has 0 unspecified atom stereocenters. The van der Waals surface area contributed by atoms with Crippen molar-refractivity contribution in [3.8, 4) is 5.75 Å². The number of nitrogens with zero attached hydrogens (tertiary/aromatic N) is 3. The van der Waals surface area contributed by atoms with Gasteiger partial charge in [-0.2, -0.15) is 0 Å². The van der Waals surface area contributed by atoms with Gasteiger partial charge >= 0.3 is 0 Å². The van der Waals surface area contributed by atoms with Crippen molar-refractivity contribution in [1.82, 2.24) is 20.2 Å². The molecule has 1 aromatic heterocycles.